The number of hydrogen-bond acceptors (Lipinski definition) is 1. The van der Waals surface area contributed by atoms with Gasteiger partial charge in [-0.2, -0.15) is 0 Å². The van der Waals surface area contributed by atoms with Crippen molar-refractivity contribution in [2.45, 2.75) is 33.2 Å². The topological polar surface area (TPSA) is 12.0 Å². The summed E-state index contributed by atoms with van der Waals surface area (Å²) in [6.45, 7) is 8.68. The Balaban J connectivity index is 2.11. The fourth-order valence-electron chi connectivity index (χ4n) is 3.13. The highest BCUT2D eigenvalue weighted by atomic mass is 14.9. The molecule has 0 amide bonds. The molecule has 1 atom stereocenters. The summed E-state index contributed by atoms with van der Waals surface area (Å²) in [5.41, 5.74) is 8.60. The molecule has 0 bridgehead atoms. The summed E-state index contributed by atoms with van der Waals surface area (Å²) in [6, 6.07) is 13.5. The number of hydrogen-bond donors (Lipinski definition) is 1. The van der Waals surface area contributed by atoms with Crippen LogP contribution in [0, 0.1) is 20.8 Å². The summed E-state index contributed by atoms with van der Waals surface area (Å²) in [6.07, 6.45) is 0. The third kappa shape index (κ3) is 2.19. The van der Waals surface area contributed by atoms with Gasteiger partial charge in [0.25, 0.3) is 0 Å². The highest BCUT2D eigenvalue weighted by Crippen LogP contribution is 2.32. The van der Waals surface area contributed by atoms with Crippen molar-refractivity contribution >= 4 is 0 Å². The molecule has 0 aliphatic carbocycles. The van der Waals surface area contributed by atoms with Crippen molar-refractivity contribution in [3.63, 3.8) is 0 Å². The molecule has 1 heteroatoms. The number of benzene rings is 2. The standard InChI is InChI=1S/C18H21N/c1-12-8-14(3)17(9-13(12)2)18-11-19-10-15-6-4-5-7-16(15)18/h4-9,18-19H,10-11H2,1-3H3. The molecule has 1 unspecified atom stereocenters. The third-order valence-corrected chi connectivity index (χ3v) is 4.35. The maximum absolute atomic E-state index is 3.55. The van der Waals surface area contributed by atoms with Gasteiger partial charge >= 0.3 is 0 Å². The predicted octanol–water partition coefficient (Wildman–Crippen LogP) is 3.85. The van der Waals surface area contributed by atoms with Gasteiger partial charge in [-0.15, -0.1) is 0 Å². The van der Waals surface area contributed by atoms with E-state index < -0.39 is 0 Å². The zero-order chi connectivity index (χ0) is 13.4. The molecule has 0 spiro atoms. The van der Waals surface area contributed by atoms with Gasteiger partial charge in [0.15, 0.2) is 0 Å². The average molecular weight is 251 g/mol. The number of aryl methyl sites for hydroxylation is 3. The van der Waals surface area contributed by atoms with Crippen LogP contribution in [0.1, 0.15) is 39.3 Å². The maximum atomic E-state index is 3.55. The maximum Gasteiger partial charge on any atom is 0.0220 e. The van der Waals surface area contributed by atoms with E-state index in [0.717, 1.165) is 13.1 Å². The van der Waals surface area contributed by atoms with Crippen molar-refractivity contribution < 1.29 is 0 Å². The second-order valence-electron chi connectivity index (χ2n) is 5.68. The van der Waals surface area contributed by atoms with Gasteiger partial charge in [0.05, 0.1) is 0 Å². The fourth-order valence-corrected chi connectivity index (χ4v) is 3.13. The van der Waals surface area contributed by atoms with Crippen molar-refractivity contribution in [2.75, 3.05) is 6.54 Å². The van der Waals surface area contributed by atoms with Crippen molar-refractivity contribution in [1.29, 1.82) is 0 Å². The summed E-state index contributed by atoms with van der Waals surface area (Å²) in [7, 11) is 0. The molecule has 0 fully saturated rings. The van der Waals surface area contributed by atoms with E-state index in [2.05, 4.69) is 62.5 Å². The minimum Gasteiger partial charge on any atom is -0.312 e. The zero-order valence-corrected chi connectivity index (χ0v) is 12.0. The number of fused-ring (bicyclic) bond motifs is 1. The number of nitrogens with one attached hydrogen (secondary N) is 1. The van der Waals surface area contributed by atoms with E-state index in [1.54, 1.807) is 0 Å². The molecule has 0 saturated carbocycles. The summed E-state index contributed by atoms with van der Waals surface area (Å²) >= 11 is 0. The van der Waals surface area contributed by atoms with Crippen LogP contribution in [0.15, 0.2) is 36.4 Å². The molecule has 19 heavy (non-hydrogen) atoms. The lowest BCUT2D eigenvalue weighted by molar-refractivity contribution is 0.589. The van der Waals surface area contributed by atoms with Crippen molar-refractivity contribution in [1.82, 2.24) is 5.32 Å². The lowest BCUT2D eigenvalue weighted by Crippen LogP contribution is -2.29. The second kappa shape index (κ2) is 4.82. The minimum atomic E-state index is 0.490. The third-order valence-electron chi connectivity index (χ3n) is 4.35. The van der Waals surface area contributed by atoms with Crippen LogP contribution in [0.25, 0.3) is 0 Å². The van der Waals surface area contributed by atoms with Crippen LogP contribution in [0.3, 0.4) is 0 Å². The van der Waals surface area contributed by atoms with E-state index >= 15 is 0 Å². The Morgan fingerprint density at radius 2 is 1.63 bits per heavy atom. The van der Waals surface area contributed by atoms with E-state index in [1.807, 2.05) is 0 Å². The van der Waals surface area contributed by atoms with Gasteiger partial charge in [-0.25, -0.2) is 0 Å². The highest BCUT2D eigenvalue weighted by molar-refractivity contribution is 5.46. The largest absolute Gasteiger partial charge is 0.312 e. The summed E-state index contributed by atoms with van der Waals surface area (Å²) in [5, 5.41) is 3.55. The van der Waals surface area contributed by atoms with E-state index in [-0.39, 0.29) is 0 Å². The lowest BCUT2D eigenvalue weighted by atomic mass is 9.82. The van der Waals surface area contributed by atoms with Crippen molar-refractivity contribution in [3.05, 3.63) is 69.8 Å². The van der Waals surface area contributed by atoms with E-state index in [4.69, 9.17) is 0 Å². The van der Waals surface area contributed by atoms with Gasteiger partial charge in [-0.05, 0) is 54.2 Å². The average Bonchev–Trinajstić information content (AvgIpc) is 2.42. The Labute approximate surface area is 115 Å². The normalized spacial score (nSPS) is 18.2. The van der Waals surface area contributed by atoms with Crippen molar-refractivity contribution in [3.8, 4) is 0 Å². The highest BCUT2D eigenvalue weighted by Gasteiger charge is 2.22. The molecule has 2 aromatic rings. The monoisotopic (exact) mass is 251 g/mol. The molecule has 0 saturated heterocycles. The van der Waals surface area contributed by atoms with E-state index in [9.17, 15) is 0 Å². The molecule has 1 aliphatic heterocycles. The lowest BCUT2D eigenvalue weighted by Gasteiger charge is -2.28. The van der Waals surface area contributed by atoms with Crippen LogP contribution >= 0.6 is 0 Å². The molecule has 98 valence electrons. The molecular formula is C18H21N. The molecule has 0 aromatic heterocycles. The van der Waals surface area contributed by atoms with Crippen LogP contribution < -0.4 is 5.32 Å². The summed E-state index contributed by atoms with van der Waals surface area (Å²) in [5.74, 6) is 0.490. The molecule has 0 radical (unpaired) electrons. The van der Waals surface area contributed by atoms with E-state index in [1.165, 1.54) is 33.4 Å². The minimum absolute atomic E-state index is 0.490. The van der Waals surface area contributed by atoms with E-state index in [0.29, 0.717) is 5.92 Å². The Morgan fingerprint density at radius 1 is 0.895 bits per heavy atom. The van der Waals surface area contributed by atoms with Gasteiger partial charge in [-0.1, -0.05) is 36.4 Å². The van der Waals surface area contributed by atoms with Crippen LogP contribution in [0.5, 0.6) is 0 Å². The van der Waals surface area contributed by atoms with Gasteiger partial charge in [0, 0.05) is 19.0 Å². The second-order valence-corrected chi connectivity index (χ2v) is 5.68. The Morgan fingerprint density at radius 3 is 2.47 bits per heavy atom. The predicted molar refractivity (Wildman–Crippen MR) is 80.6 cm³/mol. The molecule has 2 aromatic carbocycles. The molecule has 3 rings (SSSR count). The van der Waals surface area contributed by atoms with Crippen LogP contribution in [0.4, 0.5) is 0 Å². The zero-order valence-electron chi connectivity index (χ0n) is 12.0. The Bertz CT molecular complexity index is 613. The molecule has 1 aliphatic rings. The van der Waals surface area contributed by atoms with Crippen LogP contribution in [-0.2, 0) is 6.54 Å². The van der Waals surface area contributed by atoms with Gasteiger partial charge in [0.2, 0.25) is 0 Å². The molecule has 1 nitrogen and oxygen atoms in total. The first-order valence-corrected chi connectivity index (χ1v) is 7.03. The van der Waals surface area contributed by atoms with Crippen molar-refractivity contribution in [2.24, 2.45) is 0 Å². The van der Waals surface area contributed by atoms with Crippen LogP contribution in [-0.4, -0.2) is 6.54 Å². The number of rotatable bonds is 1. The Hall–Kier alpha value is -1.60. The Kier molecular flexibility index (Phi) is 3.16. The molecular weight excluding hydrogens is 230 g/mol. The van der Waals surface area contributed by atoms with Gasteiger partial charge in [0.1, 0.15) is 0 Å². The van der Waals surface area contributed by atoms with Gasteiger partial charge in [-0.3, -0.25) is 0 Å². The van der Waals surface area contributed by atoms with Crippen LogP contribution in [0.2, 0.25) is 0 Å². The smallest absolute Gasteiger partial charge is 0.0220 e. The quantitative estimate of drug-likeness (QED) is 0.812. The first kappa shape index (κ1) is 12.4. The summed E-state index contributed by atoms with van der Waals surface area (Å²) < 4.78 is 0. The molecule has 1 N–H and O–H groups in total. The summed E-state index contributed by atoms with van der Waals surface area (Å²) in [4.78, 5) is 0. The first-order valence-electron chi connectivity index (χ1n) is 7.03. The SMILES string of the molecule is Cc1cc(C)c(C2CNCc3ccccc32)cc1C. The fraction of sp³-hybridized carbons (Fsp3) is 0.333. The first-order chi connectivity index (χ1) is 9.16. The molecule has 1 heterocycles. The van der Waals surface area contributed by atoms with Gasteiger partial charge < -0.3 is 5.32 Å².